The Kier molecular flexibility index (Phi) is 7.14. The number of fused-ring (bicyclic) bond motifs is 11. The van der Waals surface area contributed by atoms with Crippen molar-refractivity contribution >= 4 is 96.4 Å². The Morgan fingerprint density at radius 3 is 1.58 bits per heavy atom. The van der Waals surface area contributed by atoms with Crippen molar-refractivity contribution in [3.05, 3.63) is 194 Å². The molecule has 0 atom stereocenters. The number of hydrogen-bond donors (Lipinski definition) is 0. The van der Waals surface area contributed by atoms with E-state index in [1.165, 1.54) is 68.9 Å². The number of aromatic nitrogens is 4. The molecule has 0 fully saturated rings. The van der Waals surface area contributed by atoms with Crippen LogP contribution in [0.5, 0.6) is 0 Å². The quantitative estimate of drug-likeness (QED) is 0.179. The van der Waals surface area contributed by atoms with Crippen LogP contribution in [0.4, 0.5) is 0 Å². The van der Waals surface area contributed by atoms with Crippen LogP contribution in [0.25, 0.3) is 125 Å². The summed E-state index contributed by atoms with van der Waals surface area (Å²) in [6.45, 7) is 0. The van der Waals surface area contributed by atoms with Gasteiger partial charge in [0.25, 0.3) is 0 Å². The SMILES string of the molecule is c1ccc(-c2nc(-c3ccc4ccccc4c3)nc(-c3cc4ccccc4c4sc5ccc(-n6c7cc8ccccc8cc7c7cc8ccccc8cc76)cc5c34)n2)cc1. The van der Waals surface area contributed by atoms with Crippen LogP contribution in [-0.4, -0.2) is 19.5 Å². The summed E-state index contributed by atoms with van der Waals surface area (Å²) in [5.41, 5.74) is 6.39. The molecule has 13 rings (SSSR count). The number of nitrogens with zero attached hydrogens (tertiary/aromatic N) is 4. The molecular formula is C55H32N4S. The summed E-state index contributed by atoms with van der Waals surface area (Å²) >= 11 is 1.84. The Bertz CT molecular complexity index is 3810. The van der Waals surface area contributed by atoms with Gasteiger partial charge in [-0.15, -0.1) is 11.3 Å². The maximum absolute atomic E-state index is 5.34. The van der Waals surface area contributed by atoms with E-state index in [1.807, 2.05) is 29.5 Å². The second-order valence-corrected chi connectivity index (χ2v) is 16.7. The third-order valence-corrected chi connectivity index (χ3v) is 13.3. The van der Waals surface area contributed by atoms with E-state index in [1.54, 1.807) is 0 Å². The molecular weight excluding hydrogens is 749 g/mol. The molecule has 0 aliphatic rings. The molecule has 278 valence electrons. The molecule has 3 aromatic heterocycles. The first kappa shape index (κ1) is 33.3. The molecule has 60 heavy (non-hydrogen) atoms. The summed E-state index contributed by atoms with van der Waals surface area (Å²) in [6, 6.07) is 69.9. The average molecular weight is 781 g/mol. The molecule has 10 aromatic carbocycles. The van der Waals surface area contributed by atoms with Gasteiger partial charge in [-0.2, -0.15) is 0 Å². The van der Waals surface area contributed by atoms with Gasteiger partial charge >= 0.3 is 0 Å². The summed E-state index contributed by atoms with van der Waals surface area (Å²) in [6.07, 6.45) is 0. The second-order valence-electron chi connectivity index (χ2n) is 15.6. The maximum Gasteiger partial charge on any atom is 0.164 e. The topological polar surface area (TPSA) is 43.6 Å². The Morgan fingerprint density at radius 1 is 0.350 bits per heavy atom. The zero-order chi connectivity index (χ0) is 39.3. The highest BCUT2D eigenvalue weighted by Gasteiger charge is 2.21. The van der Waals surface area contributed by atoms with Gasteiger partial charge in [-0.1, -0.05) is 140 Å². The minimum absolute atomic E-state index is 0.648. The monoisotopic (exact) mass is 780 g/mol. The van der Waals surface area contributed by atoms with Gasteiger partial charge in [-0.05, 0) is 97.7 Å². The van der Waals surface area contributed by atoms with Crippen LogP contribution in [0.15, 0.2) is 194 Å². The van der Waals surface area contributed by atoms with Crippen molar-refractivity contribution in [1.82, 2.24) is 19.5 Å². The van der Waals surface area contributed by atoms with Gasteiger partial charge in [0.15, 0.2) is 17.5 Å². The minimum Gasteiger partial charge on any atom is -0.309 e. The minimum atomic E-state index is 0.648. The van der Waals surface area contributed by atoms with Gasteiger partial charge in [0, 0.05) is 53.3 Å². The zero-order valence-corrected chi connectivity index (χ0v) is 33.0. The summed E-state index contributed by atoms with van der Waals surface area (Å²) in [7, 11) is 0. The van der Waals surface area contributed by atoms with Crippen molar-refractivity contribution < 1.29 is 0 Å². The van der Waals surface area contributed by atoms with Crippen LogP contribution in [0.2, 0.25) is 0 Å². The van der Waals surface area contributed by atoms with Crippen molar-refractivity contribution in [3.8, 4) is 39.9 Å². The Morgan fingerprint density at radius 2 is 0.900 bits per heavy atom. The fraction of sp³-hybridized carbons (Fsp3) is 0. The summed E-state index contributed by atoms with van der Waals surface area (Å²) in [5, 5.41) is 14.5. The van der Waals surface area contributed by atoms with Crippen LogP contribution in [0.3, 0.4) is 0 Å². The van der Waals surface area contributed by atoms with Crippen LogP contribution in [0, 0.1) is 0 Å². The van der Waals surface area contributed by atoms with E-state index in [2.05, 4.69) is 180 Å². The molecule has 0 aliphatic carbocycles. The Hall–Kier alpha value is -7.73. The summed E-state index contributed by atoms with van der Waals surface area (Å²) < 4.78 is 4.90. The van der Waals surface area contributed by atoms with Crippen LogP contribution in [0.1, 0.15) is 0 Å². The smallest absolute Gasteiger partial charge is 0.164 e. The first-order valence-electron chi connectivity index (χ1n) is 20.3. The molecule has 0 radical (unpaired) electrons. The third kappa shape index (κ3) is 5.13. The van der Waals surface area contributed by atoms with E-state index in [-0.39, 0.29) is 0 Å². The van der Waals surface area contributed by atoms with Crippen molar-refractivity contribution in [2.45, 2.75) is 0 Å². The number of thiophene rings is 1. The van der Waals surface area contributed by atoms with E-state index in [9.17, 15) is 0 Å². The highest BCUT2D eigenvalue weighted by Crippen LogP contribution is 2.46. The lowest BCUT2D eigenvalue weighted by Crippen LogP contribution is -2.00. The van der Waals surface area contributed by atoms with Crippen LogP contribution in [-0.2, 0) is 0 Å². The van der Waals surface area contributed by atoms with Crippen molar-refractivity contribution in [2.75, 3.05) is 0 Å². The van der Waals surface area contributed by atoms with Crippen LogP contribution >= 0.6 is 11.3 Å². The molecule has 4 nitrogen and oxygen atoms in total. The summed E-state index contributed by atoms with van der Waals surface area (Å²) in [4.78, 5) is 15.8. The molecule has 13 aromatic rings. The van der Waals surface area contributed by atoms with Crippen molar-refractivity contribution in [3.63, 3.8) is 0 Å². The van der Waals surface area contributed by atoms with Crippen LogP contribution < -0.4 is 0 Å². The van der Waals surface area contributed by atoms with Gasteiger partial charge in [0.05, 0.1) is 11.0 Å². The van der Waals surface area contributed by atoms with E-state index in [0.29, 0.717) is 17.5 Å². The normalized spacial score (nSPS) is 12.0. The van der Waals surface area contributed by atoms with Crippen molar-refractivity contribution in [2.24, 2.45) is 0 Å². The number of rotatable bonds is 4. The molecule has 3 heterocycles. The molecule has 0 amide bonds. The fourth-order valence-electron chi connectivity index (χ4n) is 9.25. The van der Waals surface area contributed by atoms with E-state index in [4.69, 9.17) is 15.0 Å². The molecule has 0 spiro atoms. The average Bonchev–Trinajstić information content (AvgIpc) is 3.84. The first-order valence-corrected chi connectivity index (χ1v) is 21.1. The van der Waals surface area contributed by atoms with Gasteiger partial charge in [-0.25, -0.2) is 15.0 Å². The number of hydrogen-bond acceptors (Lipinski definition) is 4. The third-order valence-electron chi connectivity index (χ3n) is 12.1. The maximum atomic E-state index is 5.34. The number of benzene rings is 10. The first-order chi connectivity index (χ1) is 29.7. The second kappa shape index (κ2) is 12.9. The van der Waals surface area contributed by atoms with E-state index >= 15 is 0 Å². The molecule has 5 heteroatoms. The van der Waals surface area contributed by atoms with E-state index < -0.39 is 0 Å². The fourth-order valence-corrected chi connectivity index (χ4v) is 10.5. The lowest BCUT2D eigenvalue weighted by Gasteiger charge is -2.12. The highest BCUT2D eigenvalue weighted by molar-refractivity contribution is 7.26. The van der Waals surface area contributed by atoms with Gasteiger partial charge in [0.2, 0.25) is 0 Å². The van der Waals surface area contributed by atoms with Crippen molar-refractivity contribution in [1.29, 1.82) is 0 Å². The lowest BCUT2D eigenvalue weighted by molar-refractivity contribution is 1.08. The zero-order valence-electron chi connectivity index (χ0n) is 32.2. The van der Waals surface area contributed by atoms with Gasteiger partial charge in [0.1, 0.15) is 0 Å². The Balaban J connectivity index is 1.11. The molecule has 0 saturated heterocycles. The van der Waals surface area contributed by atoms with E-state index in [0.717, 1.165) is 38.5 Å². The standard InChI is InChI=1S/C55H32N4S/c1-2-13-34(14-3-1)53-56-54(41-23-22-33-12-4-5-15-35(33)26-41)58-55(57-53)47-29-40-20-10-11-21-43(40)52-51(47)46-32-42(24-25-50(46)60-52)59-48-30-38-18-8-6-16-36(38)27-44(48)45-28-37-17-7-9-19-39(37)31-49(45)59/h1-32H. The predicted octanol–water partition coefficient (Wildman–Crippen LogP) is 15.0. The molecule has 0 N–H and O–H groups in total. The molecule has 0 unspecified atom stereocenters. The molecule has 0 aliphatic heterocycles. The predicted molar refractivity (Wildman–Crippen MR) is 253 cm³/mol. The Labute approximate surface area is 348 Å². The largest absolute Gasteiger partial charge is 0.309 e. The molecule has 0 saturated carbocycles. The van der Waals surface area contributed by atoms with Gasteiger partial charge < -0.3 is 4.57 Å². The highest BCUT2D eigenvalue weighted by atomic mass is 32.1. The molecule has 0 bridgehead atoms. The summed E-state index contributed by atoms with van der Waals surface area (Å²) in [5.74, 6) is 1.95. The van der Waals surface area contributed by atoms with Gasteiger partial charge in [-0.3, -0.25) is 0 Å². The lowest BCUT2D eigenvalue weighted by atomic mass is 9.99.